The Labute approximate surface area is 107 Å². The second kappa shape index (κ2) is 5.95. The van der Waals surface area contributed by atoms with E-state index in [9.17, 15) is 0 Å². The highest BCUT2D eigenvalue weighted by molar-refractivity contribution is 5.76. The predicted octanol–water partition coefficient (Wildman–Crippen LogP) is 1.33. The van der Waals surface area contributed by atoms with Gasteiger partial charge in [0.05, 0.1) is 30.3 Å². The zero-order chi connectivity index (χ0) is 13.0. The molecule has 1 aromatic carbocycles. The largest absolute Gasteiger partial charge is 0.383 e. The molecule has 1 unspecified atom stereocenters. The molecular formula is C13H19N3O2. The summed E-state index contributed by atoms with van der Waals surface area (Å²) in [5, 5.41) is 0. The van der Waals surface area contributed by atoms with Gasteiger partial charge in [-0.05, 0) is 12.1 Å². The lowest BCUT2D eigenvalue weighted by molar-refractivity contribution is 0.170. The van der Waals surface area contributed by atoms with Crippen LogP contribution in [0.25, 0.3) is 11.0 Å². The summed E-state index contributed by atoms with van der Waals surface area (Å²) < 4.78 is 12.3. The van der Waals surface area contributed by atoms with Gasteiger partial charge in [0.15, 0.2) is 0 Å². The lowest BCUT2D eigenvalue weighted by Crippen LogP contribution is -2.22. The van der Waals surface area contributed by atoms with Gasteiger partial charge in [-0.3, -0.25) is 0 Å². The quantitative estimate of drug-likeness (QED) is 0.839. The summed E-state index contributed by atoms with van der Waals surface area (Å²) in [7, 11) is 3.33. The first-order chi connectivity index (χ1) is 8.77. The Morgan fingerprint density at radius 1 is 1.28 bits per heavy atom. The van der Waals surface area contributed by atoms with E-state index in [0.717, 1.165) is 23.4 Å². The molecule has 0 fully saturated rings. The average Bonchev–Trinajstić information content (AvgIpc) is 2.75. The molecule has 0 amide bonds. The Morgan fingerprint density at radius 3 is 2.78 bits per heavy atom. The molecule has 98 valence electrons. The number of rotatable bonds is 6. The molecule has 1 heterocycles. The second-order valence-corrected chi connectivity index (χ2v) is 4.16. The van der Waals surface area contributed by atoms with Gasteiger partial charge in [-0.15, -0.1) is 0 Å². The SMILES string of the molecule is COCCn1c(C(N)COC)nc2ccccc21. The summed E-state index contributed by atoms with van der Waals surface area (Å²) in [6.07, 6.45) is 0. The molecule has 18 heavy (non-hydrogen) atoms. The van der Waals surface area contributed by atoms with Crippen LogP contribution in [-0.2, 0) is 16.0 Å². The van der Waals surface area contributed by atoms with E-state index >= 15 is 0 Å². The van der Waals surface area contributed by atoms with Gasteiger partial charge in [0.2, 0.25) is 0 Å². The second-order valence-electron chi connectivity index (χ2n) is 4.16. The van der Waals surface area contributed by atoms with Gasteiger partial charge >= 0.3 is 0 Å². The number of fused-ring (bicyclic) bond motifs is 1. The van der Waals surface area contributed by atoms with E-state index in [1.165, 1.54) is 0 Å². The molecule has 0 spiro atoms. The highest BCUT2D eigenvalue weighted by Gasteiger charge is 2.16. The Kier molecular flexibility index (Phi) is 4.30. The maximum atomic E-state index is 6.09. The third-order valence-electron chi connectivity index (χ3n) is 2.88. The molecule has 0 bridgehead atoms. The van der Waals surface area contributed by atoms with Gasteiger partial charge in [0, 0.05) is 20.8 Å². The number of benzene rings is 1. The number of para-hydroxylation sites is 2. The van der Waals surface area contributed by atoms with Gasteiger partial charge in [0.1, 0.15) is 5.82 Å². The summed E-state index contributed by atoms with van der Waals surface area (Å²) in [5.41, 5.74) is 8.13. The van der Waals surface area contributed by atoms with Gasteiger partial charge in [-0.1, -0.05) is 12.1 Å². The highest BCUT2D eigenvalue weighted by atomic mass is 16.5. The number of nitrogens with zero attached hydrogens (tertiary/aromatic N) is 2. The van der Waals surface area contributed by atoms with Crippen molar-refractivity contribution in [3.63, 3.8) is 0 Å². The number of ether oxygens (including phenoxy) is 2. The number of hydrogen-bond acceptors (Lipinski definition) is 4. The average molecular weight is 249 g/mol. The van der Waals surface area contributed by atoms with Crippen LogP contribution in [0.4, 0.5) is 0 Å². The highest BCUT2D eigenvalue weighted by Crippen LogP contribution is 2.19. The normalized spacial score (nSPS) is 13.1. The van der Waals surface area contributed by atoms with Gasteiger partial charge in [0.25, 0.3) is 0 Å². The van der Waals surface area contributed by atoms with Crippen molar-refractivity contribution in [1.82, 2.24) is 9.55 Å². The zero-order valence-corrected chi connectivity index (χ0v) is 10.8. The molecular weight excluding hydrogens is 230 g/mol. The van der Waals surface area contributed by atoms with E-state index in [2.05, 4.69) is 9.55 Å². The molecule has 2 N–H and O–H groups in total. The molecule has 2 aromatic rings. The van der Waals surface area contributed by atoms with E-state index < -0.39 is 0 Å². The van der Waals surface area contributed by atoms with E-state index in [4.69, 9.17) is 15.2 Å². The number of hydrogen-bond donors (Lipinski definition) is 1. The maximum Gasteiger partial charge on any atom is 0.129 e. The predicted molar refractivity (Wildman–Crippen MR) is 70.4 cm³/mol. The van der Waals surface area contributed by atoms with Crippen LogP contribution in [0.5, 0.6) is 0 Å². The number of methoxy groups -OCH3 is 2. The van der Waals surface area contributed by atoms with Crippen LogP contribution in [0.15, 0.2) is 24.3 Å². The topological polar surface area (TPSA) is 62.3 Å². The van der Waals surface area contributed by atoms with Crippen molar-refractivity contribution in [2.75, 3.05) is 27.4 Å². The monoisotopic (exact) mass is 249 g/mol. The van der Waals surface area contributed by atoms with Crippen LogP contribution in [0, 0.1) is 0 Å². The lowest BCUT2D eigenvalue weighted by atomic mass is 10.3. The van der Waals surface area contributed by atoms with Crippen molar-refractivity contribution in [3.05, 3.63) is 30.1 Å². The Bertz CT molecular complexity index is 510. The van der Waals surface area contributed by atoms with E-state index in [1.807, 2.05) is 24.3 Å². The Hall–Kier alpha value is -1.43. The van der Waals surface area contributed by atoms with Crippen molar-refractivity contribution in [3.8, 4) is 0 Å². The summed E-state index contributed by atoms with van der Waals surface area (Å²) in [6, 6.07) is 7.78. The van der Waals surface area contributed by atoms with E-state index in [-0.39, 0.29) is 6.04 Å². The molecule has 2 rings (SSSR count). The molecule has 0 aliphatic carbocycles. The molecule has 0 radical (unpaired) electrons. The molecule has 0 aliphatic rings. The molecule has 0 saturated carbocycles. The Morgan fingerprint density at radius 2 is 2.06 bits per heavy atom. The van der Waals surface area contributed by atoms with Gasteiger partial charge < -0.3 is 19.8 Å². The fourth-order valence-corrected chi connectivity index (χ4v) is 2.05. The fraction of sp³-hybridized carbons (Fsp3) is 0.462. The van der Waals surface area contributed by atoms with Crippen LogP contribution in [0.3, 0.4) is 0 Å². The van der Waals surface area contributed by atoms with E-state index in [0.29, 0.717) is 13.2 Å². The van der Waals surface area contributed by atoms with Gasteiger partial charge in [-0.25, -0.2) is 4.98 Å². The first-order valence-electron chi connectivity index (χ1n) is 5.96. The van der Waals surface area contributed by atoms with Crippen LogP contribution in [0.2, 0.25) is 0 Å². The minimum absolute atomic E-state index is 0.223. The number of nitrogens with two attached hydrogens (primary N) is 1. The number of aromatic nitrogens is 2. The van der Waals surface area contributed by atoms with Crippen LogP contribution in [0.1, 0.15) is 11.9 Å². The summed E-state index contributed by atoms with van der Waals surface area (Å²) in [6.45, 7) is 1.83. The lowest BCUT2D eigenvalue weighted by Gasteiger charge is -2.13. The van der Waals surface area contributed by atoms with Crippen LogP contribution in [-0.4, -0.2) is 37.0 Å². The molecule has 0 saturated heterocycles. The fourth-order valence-electron chi connectivity index (χ4n) is 2.05. The maximum absolute atomic E-state index is 6.09. The van der Waals surface area contributed by atoms with Crippen molar-refractivity contribution >= 4 is 11.0 Å². The van der Waals surface area contributed by atoms with Crippen molar-refractivity contribution in [2.45, 2.75) is 12.6 Å². The number of imidazole rings is 1. The smallest absolute Gasteiger partial charge is 0.129 e. The molecule has 1 aromatic heterocycles. The molecule has 1 atom stereocenters. The first kappa shape index (κ1) is 13.0. The van der Waals surface area contributed by atoms with Crippen molar-refractivity contribution in [2.24, 2.45) is 5.73 Å². The van der Waals surface area contributed by atoms with E-state index in [1.54, 1.807) is 14.2 Å². The van der Waals surface area contributed by atoms with Crippen molar-refractivity contribution in [1.29, 1.82) is 0 Å². The summed E-state index contributed by atoms with van der Waals surface area (Å²) >= 11 is 0. The molecule has 5 nitrogen and oxygen atoms in total. The molecule has 5 heteroatoms. The third-order valence-corrected chi connectivity index (χ3v) is 2.88. The minimum atomic E-state index is -0.223. The van der Waals surface area contributed by atoms with Crippen molar-refractivity contribution < 1.29 is 9.47 Å². The summed E-state index contributed by atoms with van der Waals surface area (Å²) in [5.74, 6) is 0.843. The first-order valence-corrected chi connectivity index (χ1v) is 5.96. The van der Waals surface area contributed by atoms with Crippen LogP contribution >= 0.6 is 0 Å². The zero-order valence-electron chi connectivity index (χ0n) is 10.8. The summed E-state index contributed by atoms with van der Waals surface area (Å²) in [4.78, 5) is 4.59. The van der Waals surface area contributed by atoms with Crippen LogP contribution < -0.4 is 5.73 Å². The Balaban J connectivity index is 2.42. The third kappa shape index (κ3) is 2.53. The molecule has 0 aliphatic heterocycles. The standard InChI is InChI=1S/C13H19N3O2/c1-17-8-7-16-12-6-4-3-5-11(12)15-13(16)10(14)9-18-2/h3-6,10H,7-9,14H2,1-2H3. The minimum Gasteiger partial charge on any atom is -0.383 e. The van der Waals surface area contributed by atoms with Gasteiger partial charge in [-0.2, -0.15) is 0 Å².